The maximum atomic E-state index is 13.0. The van der Waals surface area contributed by atoms with Crippen molar-refractivity contribution in [1.82, 2.24) is 15.2 Å². The van der Waals surface area contributed by atoms with Gasteiger partial charge in [0.1, 0.15) is 4.75 Å². The number of aromatic hydroxyl groups is 2. The lowest BCUT2D eigenvalue weighted by Gasteiger charge is -2.37. The molecule has 0 bridgehead atoms. The highest BCUT2D eigenvalue weighted by Gasteiger charge is 2.70. The summed E-state index contributed by atoms with van der Waals surface area (Å²) >= 11 is 0. The van der Waals surface area contributed by atoms with Crippen LogP contribution in [-0.4, -0.2) is 67.6 Å². The summed E-state index contributed by atoms with van der Waals surface area (Å²) in [4.78, 5) is 41.8. The smallest absolute Gasteiger partial charge is 0.328 e. The lowest BCUT2D eigenvalue weighted by Crippen LogP contribution is -2.58. The van der Waals surface area contributed by atoms with Gasteiger partial charge in [0.25, 0.3) is 11.8 Å². The monoisotopic (exact) mass is 487 g/mol. The SMILES string of the molecule is CC1(C)[C@H](C(=O)O)N2C(=O)/C(=C/c3cc(C(=O)NCc4ccc(O)c(O)c4)ccn3)C2S1(=O)=O. The lowest BCUT2D eigenvalue weighted by molar-refractivity contribution is -0.152. The summed E-state index contributed by atoms with van der Waals surface area (Å²) in [5.74, 6) is -3.21. The molecule has 4 N–H and O–H groups in total. The fourth-order valence-corrected chi connectivity index (χ4v) is 6.25. The molecule has 4 rings (SSSR count). The number of β-lactam (4-membered cyclic amide) rings is 1. The van der Waals surface area contributed by atoms with E-state index in [1.54, 1.807) is 0 Å². The minimum absolute atomic E-state index is 0.0604. The number of sulfone groups is 1. The molecular formula is C22H21N3O8S. The third-order valence-corrected chi connectivity index (χ3v) is 8.80. The highest BCUT2D eigenvalue weighted by atomic mass is 32.2. The second-order valence-electron chi connectivity index (χ2n) is 8.53. The number of phenols is 2. The molecule has 11 nitrogen and oxygen atoms in total. The quantitative estimate of drug-likeness (QED) is 0.268. The van der Waals surface area contributed by atoms with Gasteiger partial charge in [0.05, 0.1) is 11.3 Å². The predicted octanol–water partition coefficient (Wildman–Crippen LogP) is 0.635. The van der Waals surface area contributed by atoms with E-state index in [-0.39, 0.29) is 34.9 Å². The van der Waals surface area contributed by atoms with E-state index in [0.717, 1.165) is 4.90 Å². The van der Waals surface area contributed by atoms with Gasteiger partial charge in [-0.15, -0.1) is 0 Å². The zero-order chi connectivity index (χ0) is 25.0. The molecule has 0 saturated carbocycles. The second kappa shape index (κ2) is 7.83. The van der Waals surface area contributed by atoms with Crippen molar-refractivity contribution in [2.24, 2.45) is 0 Å². The van der Waals surface area contributed by atoms with Crippen LogP contribution in [0.1, 0.15) is 35.5 Å². The number of nitrogens with zero attached hydrogens (tertiary/aromatic N) is 2. The number of carboxylic acids is 1. The first-order valence-electron chi connectivity index (χ1n) is 10.1. The van der Waals surface area contributed by atoms with Crippen LogP contribution in [0.4, 0.5) is 0 Å². The molecule has 2 amide bonds. The number of carbonyl (C=O) groups is 3. The summed E-state index contributed by atoms with van der Waals surface area (Å²) in [6.45, 7) is 2.62. The topological polar surface area (TPSA) is 174 Å². The Hall–Kier alpha value is -3.93. The van der Waals surface area contributed by atoms with Gasteiger partial charge in [-0.25, -0.2) is 13.2 Å². The lowest BCUT2D eigenvalue weighted by atomic mass is 9.95. The summed E-state index contributed by atoms with van der Waals surface area (Å²) in [6, 6.07) is 5.42. The van der Waals surface area contributed by atoms with E-state index in [1.165, 1.54) is 56.5 Å². The van der Waals surface area contributed by atoms with Gasteiger partial charge in [-0.1, -0.05) is 6.07 Å². The first-order valence-corrected chi connectivity index (χ1v) is 11.7. The van der Waals surface area contributed by atoms with Crippen molar-refractivity contribution in [3.05, 3.63) is 58.9 Å². The Morgan fingerprint density at radius 3 is 2.53 bits per heavy atom. The number of hydrogen-bond acceptors (Lipinski definition) is 8. The highest BCUT2D eigenvalue weighted by Crippen LogP contribution is 2.48. The molecule has 2 atom stereocenters. The number of phenolic OH excluding ortho intramolecular Hbond substituents is 2. The number of hydrogen-bond donors (Lipinski definition) is 4. The Balaban J connectivity index is 1.56. The average Bonchev–Trinajstić information content (AvgIpc) is 2.92. The van der Waals surface area contributed by atoms with Gasteiger partial charge in [-0.05, 0) is 49.8 Å². The molecule has 12 heteroatoms. The van der Waals surface area contributed by atoms with Crippen LogP contribution in [0.25, 0.3) is 6.08 Å². The maximum Gasteiger partial charge on any atom is 0.328 e. The van der Waals surface area contributed by atoms with E-state index in [9.17, 15) is 38.1 Å². The molecule has 2 aliphatic heterocycles. The fourth-order valence-electron chi connectivity index (χ4n) is 4.13. The predicted molar refractivity (Wildman–Crippen MR) is 118 cm³/mol. The van der Waals surface area contributed by atoms with Gasteiger partial charge in [0.2, 0.25) is 0 Å². The van der Waals surface area contributed by atoms with E-state index in [1.807, 2.05) is 0 Å². The summed E-state index contributed by atoms with van der Waals surface area (Å²) in [7, 11) is -4.02. The van der Waals surface area contributed by atoms with E-state index in [4.69, 9.17) is 0 Å². The number of aromatic nitrogens is 1. The van der Waals surface area contributed by atoms with Crippen molar-refractivity contribution in [1.29, 1.82) is 0 Å². The molecule has 34 heavy (non-hydrogen) atoms. The van der Waals surface area contributed by atoms with Crippen LogP contribution in [0.3, 0.4) is 0 Å². The third kappa shape index (κ3) is 3.46. The minimum atomic E-state index is -4.02. The number of rotatable bonds is 5. The first-order chi connectivity index (χ1) is 15.9. The molecule has 2 aliphatic rings. The largest absolute Gasteiger partial charge is 0.504 e. The van der Waals surface area contributed by atoms with Crippen molar-refractivity contribution >= 4 is 33.7 Å². The number of nitrogens with one attached hydrogen (secondary N) is 1. The van der Waals surface area contributed by atoms with Crippen LogP contribution in [0.15, 0.2) is 42.1 Å². The number of fused-ring (bicyclic) bond motifs is 1. The van der Waals surface area contributed by atoms with E-state index < -0.39 is 43.8 Å². The van der Waals surface area contributed by atoms with Crippen molar-refractivity contribution in [2.45, 2.75) is 36.6 Å². The zero-order valence-electron chi connectivity index (χ0n) is 18.1. The second-order valence-corrected chi connectivity index (χ2v) is 11.1. The number of benzene rings is 1. The number of carboxylic acid groups (broad SMARTS) is 1. The number of aliphatic carboxylic acids is 1. The van der Waals surface area contributed by atoms with Crippen LogP contribution >= 0.6 is 0 Å². The van der Waals surface area contributed by atoms with Gasteiger partial charge < -0.3 is 25.5 Å². The zero-order valence-corrected chi connectivity index (χ0v) is 18.9. The molecular weight excluding hydrogens is 466 g/mol. The third-order valence-electron chi connectivity index (χ3n) is 6.04. The number of amides is 2. The van der Waals surface area contributed by atoms with Gasteiger partial charge in [0, 0.05) is 18.3 Å². The summed E-state index contributed by atoms with van der Waals surface area (Å²) in [5.41, 5.74) is 0.778. The van der Waals surface area contributed by atoms with Gasteiger partial charge >= 0.3 is 5.97 Å². The first kappa shape index (κ1) is 23.2. The van der Waals surface area contributed by atoms with Crippen molar-refractivity contribution in [3.8, 4) is 11.5 Å². The van der Waals surface area contributed by atoms with Crippen molar-refractivity contribution < 1.29 is 38.1 Å². The highest BCUT2D eigenvalue weighted by molar-refractivity contribution is 7.94. The van der Waals surface area contributed by atoms with Gasteiger partial charge in [-0.2, -0.15) is 0 Å². The maximum absolute atomic E-state index is 13.0. The molecule has 3 heterocycles. The Bertz CT molecular complexity index is 1370. The van der Waals surface area contributed by atoms with Crippen LogP contribution in [0, 0.1) is 0 Å². The van der Waals surface area contributed by atoms with Gasteiger partial charge in [-0.3, -0.25) is 14.6 Å². The van der Waals surface area contributed by atoms with Gasteiger partial charge in [0.15, 0.2) is 32.8 Å². The molecule has 2 saturated heterocycles. The Morgan fingerprint density at radius 1 is 1.18 bits per heavy atom. The molecule has 1 aromatic heterocycles. The molecule has 178 valence electrons. The van der Waals surface area contributed by atoms with Crippen LogP contribution in [0.2, 0.25) is 0 Å². The minimum Gasteiger partial charge on any atom is -0.504 e. The Morgan fingerprint density at radius 2 is 1.88 bits per heavy atom. The summed E-state index contributed by atoms with van der Waals surface area (Å²) in [5, 5.41) is 29.7. The molecule has 1 unspecified atom stereocenters. The molecule has 0 aliphatic carbocycles. The summed E-state index contributed by atoms with van der Waals surface area (Å²) < 4.78 is 24.2. The van der Waals surface area contributed by atoms with Crippen molar-refractivity contribution in [2.75, 3.05) is 0 Å². The fraction of sp³-hybridized carbons (Fsp3) is 0.273. The number of carbonyl (C=O) groups excluding carboxylic acids is 2. The molecule has 0 radical (unpaired) electrons. The summed E-state index contributed by atoms with van der Waals surface area (Å²) in [6.07, 6.45) is 2.57. The average molecular weight is 487 g/mol. The number of pyridine rings is 1. The molecule has 2 fully saturated rings. The molecule has 1 aromatic carbocycles. The standard InChI is InChI=1S/C22H21N3O8S/c1-22(2)17(21(30)31)25-19(29)14(20(25)34(22,32)33)9-13-8-12(5-6-23-13)18(28)24-10-11-3-4-15(26)16(27)7-11/h3-9,17,20,26-27H,10H2,1-2H3,(H,24,28)(H,30,31)/b14-9-/t17-,20?/m0/s1. The van der Waals surface area contributed by atoms with Crippen molar-refractivity contribution in [3.63, 3.8) is 0 Å². The Kier molecular flexibility index (Phi) is 5.35. The van der Waals surface area contributed by atoms with Crippen LogP contribution in [-0.2, 0) is 26.0 Å². The Labute approximate surface area is 194 Å². The molecule has 0 spiro atoms. The van der Waals surface area contributed by atoms with Crippen LogP contribution in [0.5, 0.6) is 11.5 Å². The van der Waals surface area contributed by atoms with E-state index in [2.05, 4.69) is 10.3 Å². The van der Waals surface area contributed by atoms with E-state index >= 15 is 0 Å². The normalized spacial score (nSPS) is 23.3. The molecule has 2 aromatic rings. The van der Waals surface area contributed by atoms with Crippen LogP contribution < -0.4 is 5.32 Å². The van der Waals surface area contributed by atoms with E-state index in [0.29, 0.717) is 5.56 Å².